The Kier molecular flexibility index (Phi) is 6.57. The van der Waals surface area contributed by atoms with Gasteiger partial charge in [-0.3, -0.25) is 4.55 Å². The first kappa shape index (κ1) is 21.4. The van der Waals surface area contributed by atoms with Crippen LogP contribution in [-0.2, 0) is 14.9 Å². The van der Waals surface area contributed by atoms with E-state index in [1.54, 1.807) is 12.1 Å². The van der Waals surface area contributed by atoms with Crippen LogP contribution in [0.15, 0.2) is 24.3 Å². The maximum absolute atomic E-state index is 13.3. The van der Waals surface area contributed by atoms with Gasteiger partial charge in [0.2, 0.25) is 0 Å². The van der Waals surface area contributed by atoms with E-state index in [9.17, 15) is 30.8 Å². The Morgan fingerprint density at radius 3 is 2.16 bits per heavy atom. The van der Waals surface area contributed by atoms with Crippen molar-refractivity contribution in [2.24, 2.45) is 0 Å². The van der Waals surface area contributed by atoms with Crippen molar-refractivity contribution in [3.05, 3.63) is 35.4 Å². The summed E-state index contributed by atoms with van der Waals surface area (Å²) >= 11 is 0. The molecule has 0 aromatic heterocycles. The van der Waals surface area contributed by atoms with E-state index in [0.29, 0.717) is 0 Å². The first-order valence-corrected chi connectivity index (χ1v) is 8.77. The standard InChI is InChI=1S/C15H18F4O5S/c1-3-10(2)11-4-6-12(7-5-11)13(20)24-9-8-14(16,17)15(18,19)25(21,22)23/h4-7,10H,3,8-9H2,1-2H3,(H,21,22,23). The van der Waals surface area contributed by atoms with Crippen LogP contribution in [-0.4, -0.2) is 36.7 Å². The van der Waals surface area contributed by atoms with E-state index < -0.39 is 40.3 Å². The third-order valence-electron chi connectivity index (χ3n) is 3.73. The summed E-state index contributed by atoms with van der Waals surface area (Å²) in [5.74, 6) is -5.85. The van der Waals surface area contributed by atoms with Crippen LogP contribution in [0.2, 0.25) is 0 Å². The number of ether oxygens (including phenoxy) is 1. The zero-order valence-corrected chi connectivity index (χ0v) is 14.3. The molecule has 1 aromatic carbocycles. The Morgan fingerprint density at radius 1 is 1.20 bits per heavy atom. The zero-order chi connectivity index (χ0) is 19.5. The Bertz CT molecular complexity index is 701. The zero-order valence-electron chi connectivity index (χ0n) is 13.5. The lowest BCUT2D eigenvalue weighted by Gasteiger charge is -2.23. The van der Waals surface area contributed by atoms with E-state index in [-0.39, 0.29) is 11.5 Å². The van der Waals surface area contributed by atoms with Crippen molar-refractivity contribution in [3.8, 4) is 0 Å². The number of benzene rings is 1. The van der Waals surface area contributed by atoms with Crippen molar-refractivity contribution in [2.45, 2.75) is 43.8 Å². The maximum atomic E-state index is 13.3. The summed E-state index contributed by atoms with van der Waals surface area (Å²) in [4.78, 5) is 11.7. The number of rotatable bonds is 8. The van der Waals surface area contributed by atoms with E-state index in [1.807, 2.05) is 13.8 Å². The van der Waals surface area contributed by atoms with Crippen LogP contribution < -0.4 is 0 Å². The Hall–Kier alpha value is -1.68. The molecule has 142 valence electrons. The van der Waals surface area contributed by atoms with Crippen LogP contribution >= 0.6 is 0 Å². The van der Waals surface area contributed by atoms with Crippen molar-refractivity contribution < 1.29 is 40.1 Å². The number of hydrogen-bond donors (Lipinski definition) is 1. The highest BCUT2D eigenvalue weighted by molar-refractivity contribution is 7.87. The molecule has 0 saturated carbocycles. The predicted octanol–water partition coefficient (Wildman–Crippen LogP) is 3.86. The molecule has 0 heterocycles. The summed E-state index contributed by atoms with van der Waals surface area (Å²) in [5.41, 5.74) is 0.996. The highest BCUT2D eigenvalue weighted by Crippen LogP contribution is 2.40. The molecule has 5 nitrogen and oxygen atoms in total. The molecule has 0 fully saturated rings. The lowest BCUT2D eigenvalue weighted by Crippen LogP contribution is -2.47. The van der Waals surface area contributed by atoms with Gasteiger partial charge in [0, 0.05) is 0 Å². The smallest absolute Gasteiger partial charge is 0.431 e. The summed E-state index contributed by atoms with van der Waals surface area (Å²) in [6, 6.07) is 6.14. The minimum atomic E-state index is -6.30. The molecule has 1 unspecified atom stereocenters. The second-order valence-corrected chi connectivity index (χ2v) is 6.98. The quantitative estimate of drug-likeness (QED) is 0.417. The van der Waals surface area contributed by atoms with Crippen LogP contribution in [0.3, 0.4) is 0 Å². The van der Waals surface area contributed by atoms with Crippen LogP contribution in [0.25, 0.3) is 0 Å². The molecule has 0 spiro atoms. The molecule has 0 radical (unpaired) electrons. The van der Waals surface area contributed by atoms with Gasteiger partial charge in [0.25, 0.3) is 0 Å². The average Bonchev–Trinajstić information content (AvgIpc) is 2.52. The molecular weight excluding hydrogens is 368 g/mol. The number of carbonyl (C=O) groups is 1. The Labute approximate surface area is 142 Å². The van der Waals surface area contributed by atoms with Crippen molar-refractivity contribution in [2.75, 3.05) is 6.61 Å². The van der Waals surface area contributed by atoms with Crippen molar-refractivity contribution in [1.29, 1.82) is 0 Å². The fourth-order valence-corrected chi connectivity index (χ4v) is 2.35. The monoisotopic (exact) mass is 386 g/mol. The van der Waals surface area contributed by atoms with Crippen LogP contribution in [0, 0.1) is 0 Å². The lowest BCUT2D eigenvalue weighted by molar-refractivity contribution is -0.168. The molecule has 10 heteroatoms. The molecule has 0 bridgehead atoms. The van der Waals surface area contributed by atoms with Gasteiger partial charge in [-0.25, -0.2) is 4.79 Å². The summed E-state index contributed by atoms with van der Waals surface area (Å²) in [5, 5.41) is -5.68. The topological polar surface area (TPSA) is 80.7 Å². The molecule has 1 atom stereocenters. The number of carbonyl (C=O) groups excluding carboxylic acids is 1. The molecule has 0 aliphatic carbocycles. The van der Waals surface area contributed by atoms with Gasteiger partial charge in [-0.05, 0) is 30.0 Å². The minimum absolute atomic E-state index is 0.0388. The molecule has 0 aliphatic heterocycles. The fraction of sp³-hybridized carbons (Fsp3) is 0.533. The molecule has 0 amide bonds. The molecule has 1 rings (SSSR count). The van der Waals surface area contributed by atoms with E-state index in [1.165, 1.54) is 12.1 Å². The molecule has 0 saturated heterocycles. The third kappa shape index (κ3) is 4.91. The largest absolute Gasteiger partial charge is 0.462 e. The van der Waals surface area contributed by atoms with Crippen molar-refractivity contribution in [3.63, 3.8) is 0 Å². The van der Waals surface area contributed by atoms with Gasteiger partial charge in [0.1, 0.15) is 0 Å². The first-order chi connectivity index (χ1) is 11.3. The second kappa shape index (κ2) is 7.69. The molecule has 1 aromatic rings. The minimum Gasteiger partial charge on any atom is -0.462 e. The fourth-order valence-electron chi connectivity index (χ4n) is 1.87. The molecular formula is C15H18F4O5S. The van der Waals surface area contributed by atoms with Crippen molar-refractivity contribution in [1.82, 2.24) is 0 Å². The summed E-state index contributed by atoms with van der Waals surface area (Å²) in [6.45, 7) is 2.81. The van der Waals surface area contributed by atoms with Gasteiger partial charge in [0.15, 0.2) is 0 Å². The van der Waals surface area contributed by atoms with Gasteiger partial charge in [-0.2, -0.15) is 26.0 Å². The average molecular weight is 386 g/mol. The summed E-state index contributed by atoms with van der Waals surface area (Å²) in [7, 11) is -6.30. The van der Waals surface area contributed by atoms with E-state index in [0.717, 1.165) is 12.0 Å². The number of esters is 1. The lowest BCUT2D eigenvalue weighted by atomic mass is 9.98. The maximum Gasteiger partial charge on any atom is 0.431 e. The normalized spacial score (nSPS) is 14.2. The van der Waals surface area contributed by atoms with Gasteiger partial charge < -0.3 is 4.74 Å². The van der Waals surface area contributed by atoms with Gasteiger partial charge in [-0.15, -0.1) is 0 Å². The Morgan fingerprint density at radius 2 is 1.72 bits per heavy atom. The first-order valence-electron chi connectivity index (χ1n) is 7.33. The summed E-state index contributed by atoms with van der Waals surface area (Å²) in [6.07, 6.45) is -0.892. The van der Waals surface area contributed by atoms with Crippen molar-refractivity contribution >= 4 is 16.1 Å². The Balaban J connectivity index is 2.68. The number of alkyl halides is 4. The van der Waals surface area contributed by atoms with E-state index in [2.05, 4.69) is 4.74 Å². The van der Waals surface area contributed by atoms with Gasteiger partial charge in [0.05, 0.1) is 18.6 Å². The van der Waals surface area contributed by atoms with Crippen LogP contribution in [0.1, 0.15) is 48.5 Å². The van der Waals surface area contributed by atoms with Crippen LogP contribution in [0.5, 0.6) is 0 Å². The molecule has 0 aliphatic rings. The number of hydrogen-bond acceptors (Lipinski definition) is 4. The second-order valence-electron chi connectivity index (χ2n) is 5.51. The van der Waals surface area contributed by atoms with Gasteiger partial charge >= 0.3 is 27.3 Å². The molecule has 1 N–H and O–H groups in total. The highest BCUT2D eigenvalue weighted by atomic mass is 32.2. The predicted molar refractivity (Wildman–Crippen MR) is 81.5 cm³/mol. The third-order valence-corrected chi connectivity index (χ3v) is 4.67. The molecule has 25 heavy (non-hydrogen) atoms. The number of halogens is 4. The van der Waals surface area contributed by atoms with E-state index in [4.69, 9.17) is 4.55 Å². The highest BCUT2D eigenvalue weighted by Gasteiger charge is 2.65. The summed E-state index contributed by atoms with van der Waals surface area (Å²) < 4.78 is 85.8. The van der Waals surface area contributed by atoms with Gasteiger partial charge in [-0.1, -0.05) is 26.0 Å². The van der Waals surface area contributed by atoms with Crippen LogP contribution in [0.4, 0.5) is 17.6 Å². The SMILES string of the molecule is CCC(C)c1ccc(C(=O)OCCC(F)(F)C(F)(F)S(=O)(=O)O)cc1. The van der Waals surface area contributed by atoms with E-state index >= 15 is 0 Å².